The molecule has 0 unspecified atom stereocenters. The third kappa shape index (κ3) is 4.05. The van der Waals surface area contributed by atoms with E-state index in [1.165, 1.54) is 11.8 Å². The van der Waals surface area contributed by atoms with Gasteiger partial charge in [0.25, 0.3) is 0 Å². The van der Waals surface area contributed by atoms with Gasteiger partial charge in [0.2, 0.25) is 5.91 Å². The minimum Gasteiger partial charge on any atom is -0.363 e. The molecular formula is C11H12BrN3OS. The fraction of sp³-hybridized carbons (Fsp3) is 0.273. The van der Waals surface area contributed by atoms with Crippen LogP contribution in [0.15, 0.2) is 33.7 Å². The van der Waals surface area contributed by atoms with Crippen molar-refractivity contribution in [2.75, 3.05) is 24.2 Å². The number of halogens is 1. The van der Waals surface area contributed by atoms with Crippen LogP contribution < -0.4 is 10.6 Å². The summed E-state index contributed by atoms with van der Waals surface area (Å²) in [5.41, 5.74) is 0.797. The van der Waals surface area contributed by atoms with E-state index >= 15 is 0 Å². The second kappa shape index (κ2) is 6.07. The minimum atomic E-state index is -0.0236. The highest BCUT2D eigenvalue weighted by Gasteiger charge is 2.09. The highest BCUT2D eigenvalue weighted by atomic mass is 79.9. The normalized spacial score (nSPS) is 14.1. The second-order valence-corrected chi connectivity index (χ2v) is 5.34. The highest BCUT2D eigenvalue weighted by molar-refractivity contribution is 9.10. The smallest absolute Gasteiger partial charge is 0.234 e. The first-order valence-corrected chi connectivity index (χ1v) is 6.98. The molecule has 1 aromatic rings. The van der Waals surface area contributed by atoms with Gasteiger partial charge in [-0.25, -0.2) is 0 Å². The molecule has 0 saturated carbocycles. The largest absolute Gasteiger partial charge is 0.363 e. The van der Waals surface area contributed by atoms with Gasteiger partial charge in [-0.2, -0.15) is 0 Å². The lowest BCUT2D eigenvalue weighted by Gasteiger charge is -2.05. The molecule has 0 bridgehead atoms. The molecule has 0 fully saturated rings. The van der Waals surface area contributed by atoms with Crippen LogP contribution in [-0.2, 0) is 4.79 Å². The summed E-state index contributed by atoms with van der Waals surface area (Å²) in [4.78, 5) is 15.9. The Balaban J connectivity index is 1.80. The molecule has 0 radical (unpaired) electrons. The summed E-state index contributed by atoms with van der Waals surface area (Å²) in [6.07, 6.45) is 0. The summed E-state index contributed by atoms with van der Waals surface area (Å²) in [5, 5.41) is 6.80. The minimum absolute atomic E-state index is 0.0236. The van der Waals surface area contributed by atoms with E-state index in [0.29, 0.717) is 5.75 Å². The molecule has 2 N–H and O–H groups in total. The van der Waals surface area contributed by atoms with E-state index in [0.717, 1.165) is 28.4 Å². The van der Waals surface area contributed by atoms with Gasteiger partial charge in [0, 0.05) is 16.7 Å². The lowest BCUT2D eigenvalue weighted by molar-refractivity contribution is -0.113. The first-order chi connectivity index (χ1) is 8.24. The lowest BCUT2D eigenvalue weighted by atomic mass is 10.3. The number of aliphatic imine (C=N–C) groups is 1. The molecule has 0 atom stereocenters. The van der Waals surface area contributed by atoms with E-state index in [1.807, 2.05) is 24.3 Å². The van der Waals surface area contributed by atoms with Crippen molar-refractivity contribution in [2.45, 2.75) is 0 Å². The van der Waals surface area contributed by atoms with Gasteiger partial charge in [0.1, 0.15) is 0 Å². The number of benzene rings is 1. The number of carbonyl (C=O) groups excluding carboxylic acids is 1. The topological polar surface area (TPSA) is 53.5 Å². The van der Waals surface area contributed by atoms with Crippen molar-refractivity contribution in [1.82, 2.24) is 5.32 Å². The van der Waals surface area contributed by atoms with Crippen molar-refractivity contribution in [2.24, 2.45) is 4.99 Å². The van der Waals surface area contributed by atoms with Crippen molar-refractivity contribution >= 4 is 44.5 Å². The maximum atomic E-state index is 11.7. The maximum Gasteiger partial charge on any atom is 0.234 e. The summed E-state index contributed by atoms with van der Waals surface area (Å²) in [7, 11) is 0. The molecule has 1 heterocycles. The highest BCUT2D eigenvalue weighted by Crippen LogP contribution is 2.16. The molecule has 6 heteroatoms. The zero-order valence-corrected chi connectivity index (χ0v) is 11.5. The molecule has 90 valence electrons. The summed E-state index contributed by atoms with van der Waals surface area (Å²) in [6.45, 7) is 1.67. The number of amidine groups is 1. The Labute approximate surface area is 112 Å². The molecule has 1 aromatic carbocycles. The number of carbonyl (C=O) groups is 1. The maximum absolute atomic E-state index is 11.7. The van der Waals surface area contributed by atoms with Gasteiger partial charge in [0.05, 0.1) is 12.3 Å². The average molecular weight is 314 g/mol. The first kappa shape index (κ1) is 12.4. The number of nitrogens with zero attached hydrogens (tertiary/aromatic N) is 1. The van der Waals surface area contributed by atoms with Crippen molar-refractivity contribution in [3.63, 3.8) is 0 Å². The number of hydrogen-bond acceptors (Lipinski definition) is 4. The van der Waals surface area contributed by atoms with Crippen molar-refractivity contribution in [3.05, 3.63) is 28.7 Å². The zero-order chi connectivity index (χ0) is 12.1. The van der Waals surface area contributed by atoms with Crippen molar-refractivity contribution < 1.29 is 4.79 Å². The molecule has 17 heavy (non-hydrogen) atoms. The first-order valence-electron chi connectivity index (χ1n) is 5.20. The van der Waals surface area contributed by atoms with Gasteiger partial charge in [0.15, 0.2) is 5.17 Å². The summed E-state index contributed by atoms with van der Waals surface area (Å²) in [6, 6.07) is 7.53. The van der Waals surface area contributed by atoms with E-state index in [1.54, 1.807) is 0 Å². The van der Waals surface area contributed by atoms with Gasteiger partial charge >= 0.3 is 0 Å². The monoisotopic (exact) mass is 313 g/mol. The van der Waals surface area contributed by atoms with Crippen LogP contribution in [0.3, 0.4) is 0 Å². The summed E-state index contributed by atoms with van der Waals surface area (Å²) in [5.74, 6) is 0.350. The van der Waals surface area contributed by atoms with E-state index in [4.69, 9.17) is 0 Å². The van der Waals surface area contributed by atoms with E-state index in [9.17, 15) is 4.79 Å². The van der Waals surface area contributed by atoms with Crippen LogP contribution in [0.1, 0.15) is 0 Å². The van der Waals surface area contributed by atoms with Crippen LogP contribution in [0.2, 0.25) is 0 Å². The number of anilines is 1. The standard InChI is InChI=1S/C11H12BrN3OS/c12-8-2-1-3-9(6-8)15-10(16)7-17-11-13-4-5-14-11/h1-3,6H,4-5,7H2,(H,13,14)(H,15,16). The van der Waals surface area contributed by atoms with E-state index < -0.39 is 0 Å². The van der Waals surface area contributed by atoms with Crippen LogP contribution in [0.25, 0.3) is 0 Å². The predicted molar refractivity (Wildman–Crippen MR) is 75.5 cm³/mol. The van der Waals surface area contributed by atoms with Crippen LogP contribution in [-0.4, -0.2) is 29.9 Å². The molecule has 0 aromatic heterocycles. The van der Waals surface area contributed by atoms with Crippen LogP contribution in [0.5, 0.6) is 0 Å². The van der Waals surface area contributed by atoms with Gasteiger partial charge in [-0.05, 0) is 18.2 Å². The molecule has 1 aliphatic rings. The molecular weight excluding hydrogens is 302 g/mol. The number of amides is 1. The Morgan fingerprint density at radius 1 is 1.59 bits per heavy atom. The number of hydrogen-bond donors (Lipinski definition) is 2. The number of nitrogens with one attached hydrogen (secondary N) is 2. The van der Waals surface area contributed by atoms with Gasteiger partial charge in [-0.1, -0.05) is 33.8 Å². The molecule has 4 nitrogen and oxygen atoms in total. The zero-order valence-electron chi connectivity index (χ0n) is 9.07. The molecule has 0 saturated heterocycles. The van der Waals surface area contributed by atoms with Crippen LogP contribution in [0.4, 0.5) is 5.69 Å². The van der Waals surface area contributed by atoms with Crippen LogP contribution in [0, 0.1) is 0 Å². The average Bonchev–Trinajstić information content (AvgIpc) is 2.79. The quantitative estimate of drug-likeness (QED) is 0.898. The molecule has 1 aliphatic heterocycles. The van der Waals surface area contributed by atoms with E-state index in [2.05, 4.69) is 31.6 Å². The molecule has 0 aliphatic carbocycles. The van der Waals surface area contributed by atoms with Crippen molar-refractivity contribution in [1.29, 1.82) is 0 Å². The third-order valence-corrected chi connectivity index (χ3v) is 3.54. The SMILES string of the molecule is O=C(CSC1=NCCN1)Nc1cccc(Br)c1. The fourth-order valence-corrected chi connectivity index (χ4v) is 2.50. The fourth-order valence-electron chi connectivity index (χ4n) is 1.37. The second-order valence-electron chi connectivity index (χ2n) is 3.46. The molecule has 0 spiro atoms. The van der Waals surface area contributed by atoms with Crippen LogP contribution >= 0.6 is 27.7 Å². The Morgan fingerprint density at radius 3 is 3.18 bits per heavy atom. The Hall–Kier alpha value is -1.01. The number of thioether (sulfide) groups is 1. The molecule has 2 rings (SSSR count). The lowest BCUT2D eigenvalue weighted by Crippen LogP contribution is -2.20. The van der Waals surface area contributed by atoms with Gasteiger partial charge in [-0.15, -0.1) is 0 Å². The van der Waals surface area contributed by atoms with Gasteiger partial charge in [-0.3, -0.25) is 9.79 Å². The Kier molecular flexibility index (Phi) is 4.44. The summed E-state index contributed by atoms with van der Waals surface area (Å²) < 4.78 is 0.949. The molecule has 1 amide bonds. The summed E-state index contributed by atoms with van der Waals surface area (Å²) >= 11 is 4.79. The van der Waals surface area contributed by atoms with E-state index in [-0.39, 0.29) is 5.91 Å². The predicted octanol–water partition coefficient (Wildman–Crippen LogP) is 2.08. The van der Waals surface area contributed by atoms with Crippen molar-refractivity contribution in [3.8, 4) is 0 Å². The van der Waals surface area contributed by atoms with Gasteiger partial charge < -0.3 is 10.6 Å². The third-order valence-electron chi connectivity index (χ3n) is 2.09. The number of rotatable bonds is 3. The Bertz CT molecular complexity index is 450. The Morgan fingerprint density at radius 2 is 2.47 bits per heavy atom.